The van der Waals surface area contributed by atoms with Gasteiger partial charge < -0.3 is 4.40 Å². The van der Waals surface area contributed by atoms with Crippen molar-refractivity contribution in [1.29, 1.82) is 0 Å². The van der Waals surface area contributed by atoms with E-state index in [1.54, 1.807) is 0 Å². The summed E-state index contributed by atoms with van der Waals surface area (Å²) >= 11 is 0. The molecule has 3 nitrogen and oxygen atoms in total. The van der Waals surface area contributed by atoms with E-state index in [-0.39, 0.29) is 5.41 Å². The molecular formula is C33H28N3+. The van der Waals surface area contributed by atoms with Crippen LogP contribution in [0.1, 0.15) is 31.9 Å². The third-order valence-corrected chi connectivity index (χ3v) is 7.78. The van der Waals surface area contributed by atoms with Crippen LogP contribution in [-0.2, 0) is 13.5 Å². The third kappa shape index (κ3) is 2.70. The predicted octanol–water partition coefficient (Wildman–Crippen LogP) is 8.42. The Morgan fingerprint density at radius 2 is 1.64 bits per heavy atom. The average molecular weight is 467 g/mol. The molecule has 0 amide bonds. The van der Waals surface area contributed by atoms with Crippen molar-refractivity contribution in [3.63, 3.8) is 0 Å². The van der Waals surface area contributed by atoms with Gasteiger partial charge in [-0.1, -0.05) is 57.2 Å². The van der Waals surface area contributed by atoms with E-state index in [2.05, 4.69) is 109 Å². The molecule has 7 aromatic rings. The molecule has 0 bridgehead atoms. The summed E-state index contributed by atoms with van der Waals surface area (Å²) in [7, 11) is 2.16. The fourth-order valence-corrected chi connectivity index (χ4v) is 6.47. The molecule has 3 heterocycles. The molecule has 36 heavy (non-hydrogen) atoms. The lowest BCUT2D eigenvalue weighted by atomic mass is 9.87. The fraction of sp³-hybridized carbons (Fsp3) is 0.212. The smallest absolute Gasteiger partial charge is 0.224 e. The van der Waals surface area contributed by atoms with E-state index in [9.17, 15) is 0 Å². The molecule has 0 fully saturated rings. The van der Waals surface area contributed by atoms with Crippen LogP contribution in [0, 0.1) is 18.9 Å². The molecule has 0 saturated carbocycles. The van der Waals surface area contributed by atoms with Crippen molar-refractivity contribution in [3.05, 3.63) is 89.4 Å². The van der Waals surface area contributed by atoms with E-state index in [1.165, 1.54) is 65.5 Å². The Morgan fingerprint density at radius 1 is 0.861 bits per heavy atom. The molecule has 0 aliphatic carbocycles. The van der Waals surface area contributed by atoms with E-state index >= 15 is 0 Å². The lowest BCUT2D eigenvalue weighted by Gasteiger charge is -2.20. The molecule has 0 spiro atoms. The van der Waals surface area contributed by atoms with Crippen molar-refractivity contribution in [1.82, 2.24) is 4.40 Å². The highest BCUT2D eigenvalue weighted by atomic mass is 15.0. The van der Waals surface area contributed by atoms with Gasteiger partial charge in [-0.25, -0.2) is 9.41 Å². The summed E-state index contributed by atoms with van der Waals surface area (Å²) in [6.45, 7) is 16.9. The van der Waals surface area contributed by atoms with E-state index in [0.717, 1.165) is 11.8 Å². The molecule has 174 valence electrons. The molecule has 0 N–H and O–H groups in total. The van der Waals surface area contributed by atoms with Gasteiger partial charge in [0.15, 0.2) is 11.9 Å². The molecule has 3 aromatic heterocycles. The Morgan fingerprint density at radius 3 is 2.39 bits per heavy atom. The number of nitrogens with zero attached hydrogens (tertiary/aromatic N) is 3. The van der Waals surface area contributed by atoms with Crippen LogP contribution in [0.25, 0.3) is 64.6 Å². The van der Waals surface area contributed by atoms with Crippen LogP contribution in [0.3, 0.4) is 0 Å². The van der Waals surface area contributed by atoms with E-state index < -0.39 is 0 Å². The Labute approximate surface area is 210 Å². The summed E-state index contributed by atoms with van der Waals surface area (Å²) in [6, 6.07) is 22.0. The molecule has 0 aliphatic heterocycles. The van der Waals surface area contributed by atoms with E-state index in [4.69, 9.17) is 6.57 Å². The summed E-state index contributed by atoms with van der Waals surface area (Å²) in [5, 5.41) is 8.81. The van der Waals surface area contributed by atoms with Gasteiger partial charge >= 0.3 is 0 Å². The van der Waals surface area contributed by atoms with Gasteiger partial charge in [0.05, 0.1) is 33.9 Å². The van der Waals surface area contributed by atoms with E-state index in [1.807, 2.05) is 6.07 Å². The fourth-order valence-electron chi connectivity index (χ4n) is 6.47. The van der Waals surface area contributed by atoms with Gasteiger partial charge in [-0.3, -0.25) is 0 Å². The van der Waals surface area contributed by atoms with Crippen LogP contribution in [0.5, 0.6) is 0 Å². The standard InChI is InChI=1S/C33H28N3/c1-19-23-9-7-8-10-24(23)30-25-17-22(34-5)11-12-26(25)36-27-16-20(18-33(2,3)4)15-21-13-14-35(6)31(29(21)27)28(19)32(30)36/h7-17H,18H2,1-4,6H3/q+1. The van der Waals surface area contributed by atoms with Crippen molar-refractivity contribution in [2.45, 2.75) is 34.1 Å². The first-order valence-corrected chi connectivity index (χ1v) is 12.6. The molecule has 4 aromatic carbocycles. The summed E-state index contributed by atoms with van der Waals surface area (Å²) in [6.07, 6.45) is 3.22. The Balaban J connectivity index is 1.88. The largest absolute Gasteiger partial charge is 0.308 e. The molecule has 0 saturated heterocycles. The Hall–Kier alpha value is -4.16. The highest BCUT2D eigenvalue weighted by Gasteiger charge is 2.26. The quantitative estimate of drug-likeness (QED) is 0.0997. The maximum Gasteiger partial charge on any atom is 0.224 e. The number of aromatic nitrogens is 2. The van der Waals surface area contributed by atoms with Crippen LogP contribution in [0.4, 0.5) is 5.69 Å². The summed E-state index contributed by atoms with van der Waals surface area (Å²) in [4.78, 5) is 3.78. The third-order valence-electron chi connectivity index (χ3n) is 7.78. The minimum atomic E-state index is 0.195. The normalized spacial score (nSPS) is 12.7. The van der Waals surface area contributed by atoms with Crippen molar-refractivity contribution < 1.29 is 4.57 Å². The Bertz CT molecular complexity index is 2080. The van der Waals surface area contributed by atoms with Crippen molar-refractivity contribution in [3.8, 4) is 0 Å². The number of fused-ring (bicyclic) bond motifs is 7. The molecular weight excluding hydrogens is 438 g/mol. The molecule has 0 atom stereocenters. The number of pyridine rings is 2. The number of rotatable bonds is 1. The SMILES string of the molecule is [C-]#[N+]c1ccc2c(c1)c1c3ccccc3c(C)c3c1n2c1cc(CC(C)(C)C)cc2cc[n+](C)c3c21. The first-order valence-electron chi connectivity index (χ1n) is 12.6. The number of hydrogen-bond donors (Lipinski definition) is 0. The number of aryl methyl sites for hydroxylation is 2. The van der Waals surface area contributed by atoms with Gasteiger partial charge in [0.2, 0.25) is 5.52 Å². The van der Waals surface area contributed by atoms with Crippen LogP contribution in [-0.4, -0.2) is 4.40 Å². The van der Waals surface area contributed by atoms with Gasteiger partial charge in [0, 0.05) is 11.5 Å². The monoisotopic (exact) mass is 466 g/mol. The summed E-state index contributed by atoms with van der Waals surface area (Å²) in [5.74, 6) is 0. The van der Waals surface area contributed by atoms with Crippen molar-refractivity contribution >= 4 is 65.5 Å². The zero-order chi connectivity index (χ0) is 24.9. The van der Waals surface area contributed by atoms with Crippen LogP contribution in [0.2, 0.25) is 0 Å². The predicted molar refractivity (Wildman–Crippen MR) is 151 cm³/mol. The second kappa shape index (κ2) is 6.95. The van der Waals surface area contributed by atoms with Crippen LogP contribution >= 0.6 is 0 Å². The zero-order valence-corrected chi connectivity index (χ0v) is 21.4. The molecule has 7 rings (SSSR count). The van der Waals surface area contributed by atoms with Crippen molar-refractivity contribution in [2.75, 3.05) is 0 Å². The molecule has 0 radical (unpaired) electrons. The maximum atomic E-state index is 7.68. The molecule has 3 heteroatoms. The van der Waals surface area contributed by atoms with Gasteiger partial charge in [0.1, 0.15) is 7.05 Å². The number of benzene rings is 4. The lowest BCUT2D eigenvalue weighted by molar-refractivity contribution is -0.643. The minimum absolute atomic E-state index is 0.195. The molecule has 0 unspecified atom stereocenters. The van der Waals surface area contributed by atoms with Crippen molar-refractivity contribution in [2.24, 2.45) is 12.5 Å². The van der Waals surface area contributed by atoms with Gasteiger partial charge in [-0.15, -0.1) is 0 Å². The van der Waals surface area contributed by atoms with Crippen LogP contribution in [0.15, 0.2) is 66.9 Å². The summed E-state index contributed by atoms with van der Waals surface area (Å²) < 4.78 is 4.77. The van der Waals surface area contributed by atoms with Gasteiger partial charge in [-0.05, 0) is 69.6 Å². The molecule has 0 aliphatic rings. The van der Waals surface area contributed by atoms with E-state index in [0.29, 0.717) is 5.69 Å². The lowest BCUT2D eigenvalue weighted by Crippen LogP contribution is -2.29. The zero-order valence-electron chi connectivity index (χ0n) is 21.4. The number of hydrogen-bond acceptors (Lipinski definition) is 0. The second-order valence-electron chi connectivity index (χ2n) is 11.5. The van der Waals surface area contributed by atoms with Gasteiger partial charge in [-0.2, -0.15) is 0 Å². The Kier molecular flexibility index (Phi) is 4.09. The second-order valence-corrected chi connectivity index (χ2v) is 11.5. The first kappa shape index (κ1) is 21.1. The van der Waals surface area contributed by atoms with Gasteiger partial charge in [0.25, 0.3) is 0 Å². The highest BCUT2D eigenvalue weighted by molar-refractivity contribution is 6.33. The highest BCUT2D eigenvalue weighted by Crippen LogP contribution is 2.45. The van der Waals surface area contributed by atoms with Crippen LogP contribution < -0.4 is 4.57 Å². The summed E-state index contributed by atoms with van der Waals surface area (Å²) in [5.41, 5.74) is 8.49. The topological polar surface area (TPSA) is 12.6 Å². The average Bonchev–Trinajstić information content (AvgIpc) is 3.18. The first-order chi connectivity index (χ1) is 17.3. The minimum Gasteiger partial charge on any atom is -0.308 e. The maximum absolute atomic E-state index is 7.68.